The summed E-state index contributed by atoms with van der Waals surface area (Å²) >= 11 is 36.8. The van der Waals surface area contributed by atoms with Crippen LogP contribution >= 0.6 is 69.6 Å². The van der Waals surface area contributed by atoms with Crippen molar-refractivity contribution in [3.05, 3.63) is 105 Å². The molecule has 36 heavy (non-hydrogen) atoms. The van der Waals surface area contributed by atoms with Gasteiger partial charge in [0.05, 0.1) is 42.7 Å². The molecule has 3 amide bonds. The normalized spacial score (nSPS) is 12.7. The average Bonchev–Trinajstić information content (AvgIpc) is 3.10. The third kappa shape index (κ3) is 4.38. The summed E-state index contributed by atoms with van der Waals surface area (Å²) in [6.45, 7) is -0.455. The second-order valence-corrected chi connectivity index (χ2v) is 9.66. The predicted octanol–water partition coefficient (Wildman–Crippen LogP) is 7.37. The van der Waals surface area contributed by atoms with Crippen LogP contribution in [0.2, 0.25) is 30.1 Å². The molecule has 4 rings (SSSR count). The highest BCUT2D eigenvalue weighted by Crippen LogP contribution is 2.45. The molecule has 3 aromatic carbocycles. The fraction of sp³-hybridized carbons (Fsp3) is 0.0455. The van der Waals surface area contributed by atoms with Gasteiger partial charge < -0.3 is 0 Å². The maximum absolute atomic E-state index is 13.7. The number of rotatable bonds is 5. The third-order valence-electron chi connectivity index (χ3n) is 5.22. The van der Waals surface area contributed by atoms with Crippen LogP contribution in [0.15, 0.2) is 42.5 Å². The molecule has 0 N–H and O–H groups in total. The molecular weight excluding hydrogens is 599 g/mol. The number of nitrogens with zero attached hydrogens (tertiary/aromatic N) is 3. The smallest absolute Gasteiger partial charge is 0.267 e. The molecule has 3 aromatic rings. The van der Waals surface area contributed by atoms with E-state index in [4.69, 9.17) is 69.6 Å². The lowest BCUT2D eigenvalue weighted by Crippen LogP contribution is -2.49. The van der Waals surface area contributed by atoms with E-state index in [1.54, 1.807) is 0 Å². The lowest BCUT2D eigenvalue weighted by atomic mass is 10.1. The van der Waals surface area contributed by atoms with E-state index in [1.165, 1.54) is 36.4 Å². The number of carbonyl (C=O) groups excluding carboxylic acids is 3. The first-order valence-electron chi connectivity index (χ1n) is 9.69. The van der Waals surface area contributed by atoms with Gasteiger partial charge in [0, 0.05) is 16.1 Å². The van der Waals surface area contributed by atoms with Gasteiger partial charge >= 0.3 is 0 Å². The van der Waals surface area contributed by atoms with Gasteiger partial charge in [-0.15, -0.1) is 0 Å². The molecule has 8 nitrogen and oxygen atoms in total. The molecule has 1 heterocycles. The molecule has 0 saturated carbocycles. The number of halogens is 6. The summed E-state index contributed by atoms with van der Waals surface area (Å²) in [5.74, 6) is -3.14. The zero-order valence-corrected chi connectivity index (χ0v) is 21.9. The maximum Gasteiger partial charge on any atom is 0.282 e. The third-order valence-corrected chi connectivity index (χ3v) is 7.61. The van der Waals surface area contributed by atoms with Crippen molar-refractivity contribution in [3.8, 4) is 0 Å². The van der Waals surface area contributed by atoms with E-state index in [9.17, 15) is 24.5 Å². The van der Waals surface area contributed by atoms with Crippen molar-refractivity contribution < 1.29 is 19.3 Å². The Morgan fingerprint density at radius 1 is 0.861 bits per heavy atom. The fourth-order valence-corrected chi connectivity index (χ4v) is 5.04. The number of hydrogen-bond acceptors (Lipinski definition) is 5. The van der Waals surface area contributed by atoms with Crippen molar-refractivity contribution in [2.24, 2.45) is 0 Å². The Kier molecular flexibility index (Phi) is 7.39. The number of nitro benzene ring substituents is 1. The summed E-state index contributed by atoms with van der Waals surface area (Å²) in [7, 11) is 0. The highest BCUT2D eigenvalue weighted by molar-refractivity contribution is 6.55. The van der Waals surface area contributed by atoms with Crippen LogP contribution in [0.3, 0.4) is 0 Å². The van der Waals surface area contributed by atoms with Crippen LogP contribution in [0.4, 0.5) is 5.69 Å². The number of fused-ring (bicyclic) bond motifs is 1. The number of amides is 3. The Hall–Kier alpha value is -2.59. The summed E-state index contributed by atoms with van der Waals surface area (Å²) in [6, 6.07) is 9.38. The number of carbonyl (C=O) groups is 3. The minimum Gasteiger partial charge on any atom is -0.267 e. The number of hydrogen-bond donors (Lipinski definition) is 0. The van der Waals surface area contributed by atoms with E-state index in [1.807, 2.05) is 0 Å². The first kappa shape index (κ1) is 26.5. The summed E-state index contributed by atoms with van der Waals surface area (Å²) < 4.78 is 0. The Morgan fingerprint density at radius 2 is 1.42 bits per heavy atom. The van der Waals surface area contributed by atoms with Crippen molar-refractivity contribution in [2.45, 2.75) is 6.54 Å². The van der Waals surface area contributed by atoms with Gasteiger partial charge in [-0.25, -0.2) is 5.01 Å². The molecule has 0 aromatic heterocycles. The number of imide groups is 1. The molecule has 0 saturated heterocycles. The van der Waals surface area contributed by atoms with Crippen molar-refractivity contribution in [1.82, 2.24) is 10.0 Å². The highest BCUT2D eigenvalue weighted by Gasteiger charge is 2.46. The molecule has 0 atom stereocenters. The van der Waals surface area contributed by atoms with Crippen molar-refractivity contribution in [1.29, 1.82) is 0 Å². The van der Waals surface area contributed by atoms with E-state index >= 15 is 0 Å². The van der Waals surface area contributed by atoms with Crippen LogP contribution in [-0.2, 0) is 6.54 Å². The first-order valence-corrected chi connectivity index (χ1v) is 12.0. The van der Waals surface area contributed by atoms with E-state index in [2.05, 4.69) is 0 Å². The van der Waals surface area contributed by atoms with Crippen LogP contribution in [0.1, 0.15) is 36.6 Å². The summed E-state index contributed by atoms with van der Waals surface area (Å²) in [4.78, 5) is 51.4. The Morgan fingerprint density at radius 3 is 1.94 bits per heavy atom. The maximum atomic E-state index is 13.7. The molecule has 0 fully saturated rings. The van der Waals surface area contributed by atoms with Crippen LogP contribution in [0.25, 0.3) is 0 Å². The molecule has 0 radical (unpaired) electrons. The topological polar surface area (TPSA) is 101 Å². The summed E-state index contributed by atoms with van der Waals surface area (Å²) in [6.07, 6.45) is 0. The van der Waals surface area contributed by atoms with Crippen molar-refractivity contribution in [2.75, 3.05) is 0 Å². The van der Waals surface area contributed by atoms with Crippen LogP contribution < -0.4 is 0 Å². The van der Waals surface area contributed by atoms with Gasteiger partial charge in [0.1, 0.15) is 5.56 Å². The number of nitro groups is 1. The second-order valence-electron chi connectivity index (χ2n) is 7.30. The second kappa shape index (κ2) is 10.0. The largest absolute Gasteiger partial charge is 0.282 e. The molecule has 1 aliphatic heterocycles. The Bertz CT molecular complexity index is 1450. The van der Waals surface area contributed by atoms with Gasteiger partial charge in [0.15, 0.2) is 0 Å². The van der Waals surface area contributed by atoms with Gasteiger partial charge in [-0.1, -0.05) is 87.8 Å². The van der Waals surface area contributed by atoms with Crippen molar-refractivity contribution >= 4 is 93.0 Å². The van der Waals surface area contributed by atoms with Gasteiger partial charge in [-0.05, 0) is 23.8 Å². The van der Waals surface area contributed by atoms with E-state index < -0.39 is 40.4 Å². The van der Waals surface area contributed by atoms with Gasteiger partial charge in [-0.2, -0.15) is 5.01 Å². The number of para-hydroxylation sites is 1. The molecule has 184 valence electrons. The minimum atomic E-state index is -1.05. The zero-order valence-electron chi connectivity index (χ0n) is 17.4. The Labute approximate surface area is 232 Å². The van der Waals surface area contributed by atoms with Crippen molar-refractivity contribution in [3.63, 3.8) is 0 Å². The van der Waals surface area contributed by atoms with Gasteiger partial charge in [-0.3, -0.25) is 24.5 Å². The fourth-order valence-electron chi connectivity index (χ4n) is 3.55. The van der Waals surface area contributed by atoms with Gasteiger partial charge in [0.2, 0.25) is 0 Å². The molecule has 0 aliphatic carbocycles. The molecule has 1 aliphatic rings. The quantitative estimate of drug-likeness (QED) is 0.0991. The average molecular weight is 608 g/mol. The molecule has 0 spiro atoms. The monoisotopic (exact) mass is 605 g/mol. The number of hydrazine groups is 1. The van der Waals surface area contributed by atoms with E-state index in [0.29, 0.717) is 15.0 Å². The van der Waals surface area contributed by atoms with E-state index in [0.717, 1.165) is 6.07 Å². The van der Waals surface area contributed by atoms with Crippen LogP contribution in [0, 0.1) is 10.1 Å². The zero-order chi connectivity index (χ0) is 26.5. The highest BCUT2D eigenvalue weighted by atomic mass is 35.5. The van der Waals surface area contributed by atoms with E-state index in [-0.39, 0.29) is 41.8 Å². The molecule has 0 unspecified atom stereocenters. The standard InChI is InChI=1S/C22H9Cl6N3O5/c23-10-6-5-9(12(24)7-10)8-29(20(32)11-3-1-2-4-13(11)31(35)36)30-21(33)14-15(22(30)34)17(26)19(28)18(27)16(14)25/h1-7H,8H2. The first-order chi connectivity index (χ1) is 17.0. The summed E-state index contributed by atoms with van der Waals surface area (Å²) in [5, 5.41) is 12.0. The van der Waals surface area contributed by atoms with Crippen LogP contribution in [0.5, 0.6) is 0 Å². The van der Waals surface area contributed by atoms with Gasteiger partial charge in [0.25, 0.3) is 23.4 Å². The molecular formula is C22H9Cl6N3O5. The SMILES string of the molecule is O=C(c1ccccc1[N+](=O)[O-])N(Cc1ccc(Cl)cc1Cl)N1C(=O)c2c(Cl)c(Cl)c(Cl)c(Cl)c2C1=O. The predicted molar refractivity (Wildman–Crippen MR) is 136 cm³/mol. The van der Waals surface area contributed by atoms with Crippen LogP contribution in [-0.4, -0.2) is 32.7 Å². The lowest BCUT2D eigenvalue weighted by Gasteiger charge is -2.30. The minimum absolute atomic E-state index is 0.113. The Balaban J connectivity index is 1.91. The lowest BCUT2D eigenvalue weighted by molar-refractivity contribution is -0.385. The molecule has 14 heteroatoms. The summed E-state index contributed by atoms with van der Waals surface area (Å²) in [5.41, 5.74) is -1.41. The molecule has 0 bridgehead atoms. The number of benzene rings is 3.